The number of rotatable bonds is 5. The molecule has 57 heavy (non-hydrogen) atoms. The molecule has 7 aromatic carbocycles. The van der Waals surface area contributed by atoms with Crippen LogP contribution in [-0.2, 0) is 0 Å². The van der Waals surface area contributed by atoms with Gasteiger partial charge in [-0.3, -0.25) is 4.57 Å². The standard InChI is InChI=1S/C49H28N6S2/c1-3-14-29(15-4-1)46-50-43(45-44(51-46)35-20-9-12-24-39(35)57-45)31-26-27-34-41(28-31)56-40-25-13-21-36(42(34)40)48-52-47(30-16-5-2-6-17-30)53-49(54-48)55-37-22-10-7-18-32(37)33-19-8-11-23-38(33)55/h1-28H. The Bertz CT molecular complexity index is 3480. The first-order chi connectivity index (χ1) is 28.2. The largest absolute Gasteiger partial charge is 0.278 e. The van der Waals surface area contributed by atoms with E-state index in [2.05, 4.69) is 138 Å². The first-order valence-electron chi connectivity index (χ1n) is 18.8. The highest BCUT2D eigenvalue weighted by Gasteiger charge is 2.21. The highest BCUT2D eigenvalue weighted by Crippen LogP contribution is 2.44. The molecular weight excluding hydrogens is 737 g/mol. The molecule has 0 bridgehead atoms. The maximum absolute atomic E-state index is 5.30. The number of para-hydroxylation sites is 2. The molecule has 0 aliphatic rings. The van der Waals surface area contributed by atoms with E-state index in [0.717, 1.165) is 82.0 Å². The summed E-state index contributed by atoms with van der Waals surface area (Å²) in [6, 6.07) is 59.0. The van der Waals surface area contributed by atoms with E-state index in [1.165, 1.54) is 14.1 Å². The van der Waals surface area contributed by atoms with Gasteiger partial charge in [-0.05, 0) is 30.3 Å². The predicted molar refractivity (Wildman–Crippen MR) is 237 cm³/mol. The molecule has 0 amide bonds. The van der Waals surface area contributed by atoms with Crippen molar-refractivity contribution in [2.75, 3.05) is 0 Å². The van der Waals surface area contributed by atoms with Crippen molar-refractivity contribution < 1.29 is 0 Å². The summed E-state index contributed by atoms with van der Waals surface area (Å²) in [4.78, 5) is 26.0. The molecule has 266 valence electrons. The zero-order valence-electron chi connectivity index (χ0n) is 30.2. The monoisotopic (exact) mass is 764 g/mol. The molecule has 6 nitrogen and oxygen atoms in total. The molecule has 8 heteroatoms. The third-order valence-corrected chi connectivity index (χ3v) is 13.0. The van der Waals surface area contributed by atoms with E-state index < -0.39 is 0 Å². The third kappa shape index (κ3) is 5.12. The number of aromatic nitrogens is 6. The van der Waals surface area contributed by atoms with Crippen molar-refractivity contribution >= 4 is 85.0 Å². The Morgan fingerprint density at radius 3 is 1.74 bits per heavy atom. The molecule has 12 aromatic rings. The number of fused-ring (bicyclic) bond motifs is 9. The molecule has 0 fully saturated rings. The van der Waals surface area contributed by atoms with Crippen LogP contribution in [0.1, 0.15) is 0 Å². The SMILES string of the molecule is c1ccc(-c2nc(-c3cccc4sc5cc(-c6nc(-c7ccccc7)nc7c6sc6ccccc67)ccc5c34)nc(-n3c4ccccc4c4ccccc43)n2)cc1. The Hall–Kier alpha value is -7.13. The van der Waals surface area contributed by atoms with Crippen LogP contribution in [0.15, 0.2) is 170 Å². The summed E-state index contributed by atoms with van der Waals surface area (Å²) in [5.41, 5.74) is 7.99. The first-order valence-corrected chi connectivity index (χ1v) is 20.4. The minimum atomic E-state index is 0.584. The Labute approximate surface area is 334 Å². The van der Waals surface area contributed by atoms with Gasteiger partial charge in [-0.2, -0.15) is 9.97 Å². The van der Waals surface area contributed by atoms with Crippen molar-refractivity contribution in [1.82, 2.24) is 29.5 Å². The maximum atomic E-state index is 5.30. The molecule has 0 spiro atoms. The van der Waals surface area contributed by atoms with Gasteiger partial charge in [-0.25, -0.2) is 15.0 Å². The molecule has 0 aliphatic carbocycles. The molecule has 0 aliphatic heterocycles. The van der Waals surface area contributed by atoms with Gasteiger partial charge in [0, 0.05) is 63.3 Å². The van der Waals surface area contributed by atoms with Crippen LogP contribution in [0.4, 0.5) is 0 Å². The van der Waals surface area contributed by atoms with Crippen LogP contribution < -0.4 is 0 Å². The molecule has 5 heterocycles. The van der Waals surface area contributed by atoms with Gasteiger partial charge in [0.1, 0.15) is 0 Å². The number of hydrogen-bond donors (Lipinski definition) is 0. The van der Waals surface area contributed by atoms with Crippen molar-refractivity contribution in [2.45, 2.75) is 0 Å². The lowest BCUT2D eigenvalue weighted by Crippen LogP contribution is -2.06. The molecule has 0 radical (unpaired) electrons. The average Bonchev–Trinajstić information content (AvgIpc) is 3.96. The van der Waals surface area contributed by atoms with Gasteiger partial charge in [-0.1, -0.05) is 140 Å². The Morgan fingerprint density at radius 2 is 1.00 bits per heavy atom. The molecule has 0 saturated heterocycles. The fourth-order valence-electron chi connectivity index (χ4n) is 8.10. The van der Waals surface area contributed by atoms with E-state index >= 15 is 0 Å². The normalized spacial score (nSPS) is 11.9. The lowest BCUT2D eigenvalue weighted by Gasteiger charge is -2.11. The van der Waals surface area contributed by atoms with E-state index in [9.17, 15) is 0 Å². The molecule has 5 aromatic heterocycles. The zero-order chi connectivity index (χ0) is 37.5. The summed E-state index contributed by atoms with van der Waals surface area (Å²) in [5.74, 6) is 2.57. The summed E-state index contributed by atoms with van der Waals surface area (Å²) in [6.45, 7) is 0. The van der Waals surface area contributed by atoms with Crippen LogP contribution in [0.3, 0.4) is 0 Å². The van der Waals surface area contributed by atoms with Crippen molar-refractivity contribution in [3.05, 3.63) is 170 Å². The highest BCUT2D eigenvalue weighted by molar-refractivity contribution is 7.26. The van der Waals surface area contributed by atoms with Gasteiger partial charge < -0.3 is 0 Å². The van der Waals surface area contributed by atoms with E-state index in [0.29, 0.717) is 17.6 Å². The van der Waals surface area contributed by atoms with Gasteiger partial charge in [-0.15, -0.1) is 22.7 Å². The van der Waals surface area contributed by atoms with Crippen molar-refractivity contribution in [1.29, 1.82) is 0 Å². The summed E-state index contributed by atoms with van der Waals surface area (Å²) in [7, 11) is 0. The molecule has 12 rings (SSSR count). The van der Waals surface area contributed by atoms with E-state index in [1.54, 1.807) is 22.7 Å². The van der Waals surface area contributed by atoms with Crippen molar-refractivity contribution in [2.24, 2.45) is 0 Å². The second-order valence-corrected chi connectivity index (χ2v) is 16.2. The Morgan fingerprint density at radius 1 is 0.386 bits per heavy atom. The van der Waals surface area contributed by atoms with E-state index in [4.69, 9.17) is 24.9 Å². The smallest absolute Gasteiger partial charge is 0.238 e. The number of benzene rings is 7. The second-order valence-electron chi connectivity index (χ2n) is 14.0. The Balaban J connectivity index is 1.08. The fraction of sp³-hybridized carbons (Fsp3) is 0. The van der Waals surface area contributed by atoms with Crippen LogP contribution in [-0.4, -0.2) is 29.5 Å². The lowest BCUT2D eigenvalue weighted by molar-refractivity contribution is 0.954. The number of thiophene rings is 2. The topological polar surface area (TPSA) is 69.4 Å². The zero-order valence-corrected chi connectivity index (χ0v) is 31.8. The summed E-state index contributed by atoms with van der Waals surface area (Å²) < 4.78 is 6.80. The number of hydrogen-bond acceptors (Lipinski definition) is 7. The van der Waals surface area contributed by atoms with Crippen molar-refractivity contribution in [3.8, 4) is 51.4 Å². The molecule has 0 N–H and O–H groups in total. The van der Waals surface area contributed by atoms with E-state index in [1.807, 2.05) is 36.4 Å². The maximum Gasteiger partial charge on any atom is 0.238 e. The van der Waals surface area contributed by atoms with Gasteiger partial charge in [0.25, 0.3) is 0 Å². The highest BCUT2D eigenvalue weighted by atomic mass is 32.1. The molecule has 0 atom stereocenters. The minimum absolute atomic E-state index is 0.584. The summed E-state index contributed by atoms with van der Waals surface area (Å²) in [6.07, 6.45) is 0. The molecular formula is C49H28N6S2. The van der Waals surface area contributed by atoms with Gasteiger partial charge in [0.2, 0.25) is 5.95 Å². The average molecular weight is 765 g/mol. The van der Waals surface area contributed by atoms with Crippen LogP contribution in [0.5, 0.6) is 0 Å². The second kappa shape index (κ2) is 12.7. The predicted octanol–water partition coefficient (Wildman–Crippen LogP) is 13.2. The summed E-state index contributed by atoms with van der Waals surface area (Å²) in [5, 5.41) is 5.75. The molecule has 0 unspecified atom stereocenters. The van der Waals surface area contributed by atoms with Crippen LogP contribution in [0.2, 0.25) is 0 Å². The van der Waals surface area contributed by atoms with Crippen LogP contribution >= 0.6 is 22.7 Å². The van der Waals surface area contributed by atoms with Crippen molar-refractivity contribution in [3.63, 3.8) is 0 Å². The molecule has 0 saturated carbocycles. The minimum Gasteiger partial charge on any atom is -0.278 e. The Kier molecular flexibility index (Phi) is 7.17. The van der Waals surface area contributed by atoms with Gasteiger partial charge in [0.15, 0.2) is 17.5 Å². The van der Waals surface area contributed by atoms with Crippen LogP contribution in [0, 0.1) is 0 Å². The van der Waals surface area contributed by atoms with Gasteiger partial charge in [0.05, 0.1) is 26.9 Å². The lowest BCUT2D eigenvalue weighted by atomic mass is 10.0. The third-order valence-electron chi connectivity index (χ3n) is 10.7. The van der Waals surface area contributed by atoms with Gasteiger partial charge >= 0.3 is 0 Å². The number of nitrogens with zero attached hydrogens (tertiary/aromatic N) is 6. The quantitative estimate of drug-likeness (QED) is 0.175. The summed E-state index contributed by atoms with van der Waals surface area (Å²) >= 11 is 3.53. The first kappa shape index (κ1) is 32.1. The van der Waals surface area contributed by atoms with E-state index in [-0.39, 0.29) is 0 Å². The van der Waals surface area contributed by atoms with Crippen LogP contribution in [0.25, 0.3) is 114 Å². The fourth-order valence-corrected chi connectivity index (χ4v) is 10.4.